The maximum absolute atomic E-state index is 11.8. The summed E-state index contributed by atoms with van der Waals surface area (Å²) in [6.45, 7) is 3.32. The van der Waals surface area contributed by atoms with Crippen molar-refractivity contribution in [1.29, 1.82) is 0 Å². The molecule has 0 aliphatic rings. The van der Waals surface area contributed by atoms with Crippen LogP contribution in [0.25, 0.3) is 0 Å². The molecule has 4 heteroatoms. The molecule has 1 heterocycles. The summed E-state index contributed by atoms with van der Waals surface area (Å²) < 4.78 is 15.1. The molecule has 0 N–H and O–H groups in total. The lowest BCUT2D eigenvalue weighted by atomic mass is 10.1. The Kier molecular flexibility index (Phi) is 3.08. The molecule has 78 valence electrons. The first kappa shape index (κ1) is 10.9. The molecule has 14 heavy (non-hydrogen) atoms. The summed E-state index contributed by atoms with van der Waals surface area (Å²) in [5.41, 5.74) is 0. The van der Waals surface area contributed by atoms with Crippen LogP contribution in [0.3, 0.4) is 0 Å². The van der Waals surface area contributed by atoms with Crippen LogP contribution >= 0.6 is 0 Å². The van der Waals surface area contributed by atoms with Gasteiger partial charge in [0.15, 0.2) is 5.76 Å². The van der Waals surface area contributed by atoms with Crippen molar-refractivity contribution >= 4 is 5.78 Å². The van der Waals surface area contributed by atoms with Crippen LogP contribution in [0.1, 0.15) is 23.2 Å². The fourth-order valence-electron chi connectivity index (χ4n) is 1.05. The number of aryl methyl sites for hydroxylation is 1. The molecule has 0 radical (unpaired) electrons. The minimum absolute atomic E-state index is 0.244. The Labute approximate surface area is 82.8 Å². The third kappa shape index (κ3) is 1.86. The quantitative estimate of drug-likeness (QED) is 0.546. The third-order valence-corrected chi connectivity index (χ3v) is 2.16. The standard InChI is InChI=1S/C10H14O4/c1-7-5-6-8(14-7)9(11)10(2,12-3)13-4/h5-6H,1-4H3. The van der Waals surface area contributed by atoms with Gasteiger partial charge >= 0.3 is 0 Å². The zero-order valence-corrected chi connectivity index (χ0v) is 8.79. The van der Waals surface area contributed by atoms with E-state index in [-0.39, 0.29) is 11.5 Å². The Bertz CT molecular complexity index is 323. The van der Waals surface area contributed by atoms with Gasteiger partial charge in [-0.3, -0.25) is 4.79 Å². The molecule has 0 unspecified atom stereocenters. The summed E-state index contributed by atoms with van der Waals surface area (Å²) in [5.74, 6) is -0.670. The van der Waals surface area contributed by atoms with Gasteiger partial charge < -0.3 is 13.9 Å². The van der Waals surface area contributed by atoms with Gasteiger partial charge in [-0.15, -0.1) is 0 Å². The van der Waals surface area contributed by atoms with E-state index in [0.717, 1.165) is 0 Å². The second-order valence-corrected chi connectivity index (χ2v) is 3.09. The van der Waals surface area contributed by atoms with Crippen LogP contribution in [0.4, 0.5) is 0 Å². The van der Waals surface area contributed by atoms with Gasteiger partial charge in [-0.1, -0.05) is 0 Å². The smallest absolute Gasteiger partial charge is 0.256 e. The topological polar surface area (TPSA) is 48.7 Å². The van der Waals surface area contributed by atoms with E-state index < -0.39 is 5.79 Å². The van der Waals surface area contributed by atoms with Crippen molar-refractivity contribution in [1.82, 2.24) is 0 Å². The van der Waals surface area contributed by atoms with Crippen LogP contribution in [0.15, 0.2) is 16.5 Å². The fraction of sp³-hybridized carbons (Fsp3) is 0.500. The Morgan fingerprint density at radius 2 is 1.93 bits per heavy atom. The Morgan fingerprint density at radius 3 is 2.29 bits per heavy atom. The summed E-state index contributed by atoms with van der Waals surface area (Å²) in [7, 11) is 2.83. The van der Waals surface area contributed by atoms with E-state index in [1.165, 1.54) is 14.2 Å². The number of hydrogen-bond acceptors (Lipinski definition) is 4. The van der Waals surface area contributed by atoms with E-state index in [2.05, 4.69) is 0 Å². The van der Waals surface area contributed by atoms with Crippen LogP contribution in [0.5, 0.6) is 0 Å². The van der Waals surface area contributed by atoms with Crippen LogP contribution in [-0.2, 0) is 9.47 Å². The van der Waals surface area contributed by atoms with Crippen molar-refractivity contribution in [2.75, 3.05) is 14.2 Å². The van der Waals surface area contributed by atoms with Gasteiger partial charge in [-0.05, 0) is 26.0 Å². The Hall–Kier alpha value is -1.13. The molecule has 0 spiro atoms. The summed E-state index contributed by atoms with van der Waals surface area (Å²) in [4.78, 5) is 11.8. The number of carbonyl (C=O) groups excluding carboxylic acids is 1. The first-order chi connectivity index (χ1) is 6.53. The number of methoxy groups -OCH3 is 2. The maximum Gasteiger partial charge on any atom is 0.256 e. The zero-order chi connectivity index (χ0) is 10.8. The number of furan rings is 1. The predicted octanol–water partition coefficient (Wildman–Crippen LogP) is 1.78. The molecule has 0 saturated heterocycles. The number of Topliss-reactive ketones (excluding diaryl/α,β-unsaturated/α-hetero) is 1. The highest BCUT2D eigenvalue weighted by Gasteiger charge is 2.35. The lowest BCUT2D eigenvalue weighted by Gasteiger charge is -2.23. The fourth-order valence-corrected chi connectivity index (χ4v) is 1.05. The highest BCUT2D eigenvalue weighted by atomic mass is 16.7. The average molecular weight is 198 g/mol. The average Bonchev–Trinajstić information content (AvgIpc) is 2.62. The third-order valence-electron chi connectivity index (χ3n) is 2.16. The zero-order valence-electron chi connectivity index (χ0n) is 8.79. The van der Waals surface area contributed by atoms with Gasteiger partial charge in [0.1, 0.15) is 5.76 Å². The maximum atomic E-state index is 11.8. The van der Waals surface area contributed by atoms with Crippen molar-refractivity contribution in [3.05, 3.63) is 23.7 Å². The Morgan fingerprint density at radius 1 is 1.36 bits per heavy atom. The number of hydrogen-bond donors (Lipinski definition) is 0. The normalized spacial score (nSPS) is 11.7. The minimum Gasteiger partial charge on any atom is -0.458 e. The van der Waals surface area contributed by atoms with E-state index in [4.69, 9.17) is 13.9 Å². The SMILES string of the molecule is COC(C)(OC)C(=O)c1ccc(C)o1. The molecule has 0 fully saturated rings. The van der Waals surface area contributed by atoms with Crippen LogP contribution in [0.2, 0.25) is 0 Å². The molecule has 1 aromatic heterocycles. The molecule has 0 aliphatic heterocycles. The highest BCUT2D eigenvalue weighted by Crippen LogP contribution is 2.19. The van der Waals surface area contributed by atoms with Crippen molar-refractivity contribution in [2.45, 2.75) is 19.6 Å². The van der Waals surface area contributed by atoms with E-state index in [0.29, 0.717) is 5.76 Å². The molecule has 0 bridgehead atoms. The second-order valence-electron chi connectivity index (χ2n) is 3.09. The van der Waals surface area contributed by atoms with Gasteiger partial charge in [-0.25, -0.2) is 0 Å². The molecular formula is C10H14O4. The molecule has 0 aromatic carbocycles. The molecule has 1 aromatic rings. The van der Waals surface area contributed by atoms with Gasteiger partial charge in [0.25, 0.3) is 5.78 Å². The van der Waals surface area contributed by atoms with Crippen molar-refractivity contribution in [3.63, 3.8) is 0 Å². The van der Waals surface area contributed by atoms with Gasteiger partial charge in [-0.2, -0.15) is 0 Å². The van der Waals surface area contributed by atoms with E-state index >= 15 is 0 Å². The number of ketones is 1. The molecular weight excluding hydrogens is 184 g/mol. The molecule has 0 aliphatic carbocycles. The molecule has 1 rings (SSSR count). The van der Waals surface area contributed by atoms with Crippen LogP contribution < -0.4 is 0 Å². The van der Waals surface area contributed by atoms with Gasteiger partial charge in [0.2, 0.25) is 5.79 Å². The van der Waals surface area contributed by atoms with Crippen molar-refractivity contribution < 1.29 is 18.7 Å². The summed E-state index contributed by atoms with van der Waals surface area (Å²) >= 11 is 0. The van der Waals surface area contributed by atoms with E-state index in [9.17, 15) is 4.79 Å². The predicted molar refractivity (Wildman–Crippen MR) is 50.2 cm³/mol. The summed E-state index contributed by atoms with van der Waals surface area (Å²) in [6.07, 6.45) is 0. The number of rotatable bonds is 4. The van der Waals surface area contributed by atoms with E-state index in [1.807, 2.05) is 0 Å². The number of ether oxygens (including phenoxy) is 2. The molecule has 0 amide bonds. The molecule has 4 nitrogen and oxygen atoms in total. The summed E-state index contributed by atoms with van der Waals surface area (Å²) in [6, 6.07) is 3.33. The van der Waals surface area contributed by atoms with Gasteiger partial charge in [0, 0.05) is 14.2 Å². The van der Waals surface area contributed by atoms with E-state index in [1.54, 1.807) is 26.0 Å². The van der Waals surface area contributed by atoms with Crippen LogP contribution in [-0.4, -0.2) is 25.8 Å². The van der Waals surface area contributed by atoms with Crippen LogP contribution in [0, 0.1) is 6.92 Å². The van der Waals surface area contributed by atoms with Crippen molar-refractivity contribution in [2.24, 2.45) is 0 Å². The number of carbonyl (C=O) groups is 1. The monoisotopic (exact) mass is 198 g/mol. The lowest BCUT2D eigenvalue weighted by Crippen LogP contribution is -2.39. The molecule has 0 atom stereocenters. The van der Waals surface area contributed by atoms with Gasteiger partial charge in [0.05, 0.1) is 0 Å². The first-order valence-electron chi connectivity index (χ1n) is 4.25. The highest BCUT2D eigenvalue weighted by molar-refractivity contribution is 5.98. The lowest BCUT2D eigenvalue weighted by molar-refractivity contribution is -0.156. The molecule has 0 saturated carbocycles. The largest absolute Gasteiger partial charge is 0.458 e. The van der Waals surface area contributed by atoms with Crippen molar-refractivity contribution in [3.8, 4) is 0 Å². The Balaban J connectivity index is 2.94. The minimum atomic E-state index is -1.27. The first-order valence-corrected chi connectivity index (χ1v) is 4.25. The summed E-state index contributed by atoms with van der Waals surface area (Å²) in [5, 5.41) is 0. The second kappa shape index (κ2) is 3.94.